The van der Waals surface area contributed by atoms with Crippen LogP contribution in [0.3, 0.4) is 0 Å². The molecule has 3 aliphatic rings. The van der Waals surface area contributed by atoms with E-state index in [0.29, 0.717) is 0 Å². The molecule has 3 aliphatic heterocycles. The van der Waals surface area contributed by atoms with Gasteiger partial charge >= 0.3 is 0 Å². The number of carbonyl (C=O) groups excluding carboxylic acids is 1. The maximum absolute atomic E-state index is 11.7. The van der Waals surface area contributed by atoms with Gasteiger partial charge in [-0.1, -0.05) is 0 Å². The fourth-order valence-electron chi connectivity index (χ4n) is 4.30. The molecule has 3 heterocycles. The number of aliphatic hydroxyl groups excluding tert-OH is 9. The minimum absolute atomic E-state index is 0.539. The van der Waals surface area contributed by atoms with E-state index in [9.17, 15) is 50.8 Å². The lowest BCUT2D eigenvalue weighted by atomic mass is 9.95. The highest BCUT2D eigenvalue weighted by Gasteiger charge is 2.51. The van der Waals surface area contributed by atoms with E-state index in [4.69, 9.17) is 23.7 Å². The molecule has 16 nitrogen and oxygen atoms in total. The third-order valence-electron chi connectivity index (χ3n) is 6.44. The van der Waals surface area contributed by atoms with Gasteiger partial charge in [0.25, 0.3) is 0 Å². The van der Waals surface area contributed by atoms with Gasteiger partial charge in [-0.15, -0.1) is 0 Å². The second kappa shape index (κ2) is 12.2. The van der Waals surface area contributed by atoms with Crippen LogP contribution in [0.4, 0.5) is 0 Å². The van der Waals surface area contributed by atoms with Crippen LogP contribution < -0.4 is 5.32 Å². The zero-order valence-corrected chi connectivity index (χ0v) is 19.5. The molecule has 0 spiro atoms. The van der Waals surface area contributed by atoms with Crippen LogP contribution in [0, 0.1) is 0 Å². The van der Waals surface area contributed by atoms with E-state index in [1.807, 2.05) is 0 Å². The fourth-order valence-corrected chi connectivity index (χ4v) is 4.30. The Labute approximate surface area is 205 Å². The maximum Gasteiger partial charge on any atom is 0.217 e. The second-order valence-electron chi connectivity index (χ2n) is 9.09. The van der Waals surface area contributed by atoms with Gasteiger partial charge in [0.2, 0.25) is 5.91 Å². The molecule has 0 bridgehead atoms. The highest BCUT2D eigenvalue weighted by Crippen LogP contribution is 2.30. The number of rotatable bonds is 7. The second-order valence-corrected chi connectivity index (χ2v) is 9.09. The summed E-state index contributed by atoms with van der Waals surface area (Å²) in [6.07, 6.45) is -21.6. The smallest absolute Gasteiger partial charge is 0.217 e. The van der Waals surface area contributed by atoms with Crippen LogP contribution in [0.25, 0.3) is 0 Å². The molecule has 16 heteroatoms. The molecule has 3 fully saturated rings. The van der Waals surface area contributed by atoms with E-state index in [1.54, 1.807) is 0 Å². The molecule has 3 rings (SSSR count). The SMILES string of the molecule is CC(=O)N[C@H]1[C@H](O[C@@H]2[C@@H](O)[C@H](O)O[C@H](CO)[C@@H]2O)O[C@H](CO[C@@H]2O[C@@H](C)[C@@H](O)[C@@H](O)[C@@H]2O)[C@@H](O)[C@@H]1O. The molecule has 3 saturated heterocycles. The van der Waals surface area contributed by atoms with Crippen molar-refractivity contribution in [1.82, 2.24) is 5.32 Å². The van der Waals surface area contributed by atoms with Crippen LogP contribution in [0.15, 0.2) is 0 Å². The predicted octanol–water partition coefficient (Wildman–Crippen LogP) is -6.40. The predicted molar refractivity (Wildman–Crippen MR) is 111 cm³/mol. The molecule has 0 aromatic rings. The average molecular weight is 529 g/mol. The third-order valence-corrected chi connectivity index (χ3v) is 6.44. The molecule has 36 heavy (non-hydrogen) atoms. The molecule has 0 aromatic carbocycles. The summed E-state index contributed by atoms with van der Waals surface area (Å²) in [6, 6.07) is -1.41. The number of aliphatic hydroxyl groups is 9. The number of ether oxygens (including phenoxy) is 5. The van der Waals surface area contributed by atoms with E-state index in [2.05, 4.69) is 5.32 Å². The summed E-state index contributed by atoms with van der Waals surface area (Å²) in [5.41, 5.74) is 0. The Morgan fingerprint density at radius 3 is 2.06 bits per heavy atom. The van der Waals surface area contributed by atoms with Crippen LogP contribution in [0.2, 0.25) is 0 Å². The highest BCUT2D eigenvalue weighted by atomic mass is 16.7. The summed E-state index contributed by atoms with van der Waals surface area (Å²) in [4.78, 5) is 11.7. The van der Waals surface area contributed by atoms with Gasteiger partial charge in [-0.25, -0.2) is 0 Å². The summed E-state index contributed by atoms with van der Waals surface area (Å²) in [6.45, 7) is 1.29. The highest BCUT2D eigenvalue weighted by molar-refractivity contribution is 5.73. The fraction of sp³-hybridized carbons (Fsp3) is 0.950. The monoisotopic (exact) mass is 529 g/mol. The standard InChI is InChI=1S/C20H35NO15/c1-5-10(24)14(28)15(29)20(33-5)32-4-8-11(25)13(27)9(21-6(2)23)19(35-8)36-17-12(26)7(3-22)34-18(31)16(17)30/h5,7-20,22,24-31H,3-4H2,1-2H3,(H,21,23)/t5-,7+,8+,9+,10+,11+,12-,13+,14+,15-,16+,17-,18+,19-,20+/m0/s1. The molecule has 0 radical (unpaired) electrons. The molecule has 10 N–H and O–H groups in total. The van der Waals surface area contributed by atoms with E-state index in [1.165, 1.54) is 6.92 Å². The first-order valence-electron chi connectivity index (χ1n) is 11.4. The van der Waals surface area contributed by atoms with Gasteiger partial charge < -0.3 is 75.0 Å². The van der Waals surface area contributed by atoms with Crippen molar-refractivity contribution in [2.45, 2.75) is 106 Å². The van der Waals surface area contributed by atoms with Crippen LogP contribution in [-0.2, 0) is 28.5 Å². The molecule has 0 saturated carbocycles. The summed E-state index contributed by atoms with van der Waals surface area (Å²) >= 11 is 0. The minimum Gasteiger partial charge on any atom is -0.394 e. The molecule has 210 valence electrons. The molecule has 0 aromatic heterocycles. The Morgan fingerprint density at radius 1 is 0.778 bits per heavy atom. The van der Waals surface area contributed by atoms with Crippen molar-refractivity contribution in [3.8, 4) is 0 Å². The molecule has 0 aliphatic carbocycles. The van der Waals surface area contributed by atoms with Gasteiger partial charge in [0.1, 0.15) is 67.1 Å². The normalized spacial score (nSPS) is 50.0. The summed E-state index contributed by atoms with van der Waals surface area (Å²) in [5.74, 6) is -0.639. The number of hydrogen-bond acceptors (Lipinski definition) is 15. The summed E-state index contributed by atoms with van der Waals surface area (Å²) in [5, 5.41) is 93.4. The van der Waals surface area contributed by atoms with Crippen molar-refractivity contribution in [2.24, 2.45) is 0 Å². The van der Waals surface area contributed by atoms with Crippen molar-refractivity contribution in [3.63, 3.8) is 0 Å². The van der Waals surface area contributed by atoms with Crippen molar-refractivity contribution >= 4 is 5.91 Å². The number of nitrogens with one attached hydrogen (secondary N) is 1. The first-order valence-corrected chi connectivity index (χ1v) is 11.4. The quantitative estimate of drug-likeness (QED) is 0.147. The Kier molecular flexibility index (Phi) is 9.97. The Morgan fingerprint density at radius 2 is 1.44 bits per heavy atom. The van der Waals surface area contributed by atoms with Crippen molar-refractivity contribution in [1.29, 1.82) is 0 Å². The summed E-state index contributed by atoms with van der Waals surface area (Å²) < 4.78 is 26.9. The number of hydrogen-bond donors (Lipinski definition) is 10. The third kappa shape index (κ3) is 6.13. The molecule has 0 unspecified atom stereocenters. The van der Waals surface area contributed by atoms with Gasteiger partial charge in [0, 0.05) is 6.92 Å². The Hall–Kier alpha value is -1.09. The van der Waals surface area contributed by atoms with Gasteiger partial charge in [-0.3, -0.25) is 4.79 Å². The van der Waals surface area contributed by atoms with Crippen molar-refractivity contribution < 1.29 is 74.4 Å². The van der Waals surface area contributed by atoms with Crippen LogP contribution >= 0.6 is 0 Å². The van der Waals surface area contributed by atoms with Gasteiger partial charge in [0.05, 0.1) is 19.3 Å². The first-order chi connectivity index (χ1) is 16.9. The number of carbonyl (C=O) groups is 1. The van der Waals surface area contributed by atoms with Crippen molar-refractivity contribution in [3.05, 3.63) is 0 Å². The van der Waals surface area contributed by atoms with E-state index in [-0.39, 0.29) is 0 Å². The van der Waals surface area contributed by atoms with E-state index in [0.717, 1.165) is 6.92 Å². The summed E-state index contributed by atoms with van der Waals surface area (Å²) in [7, 11) is 0. The Bertz CT molecular complexity index is 731. The van der Waals surface area contributed by atoms with Crippen molar-refractivity contribution in [2.75, 3.05) is 13.2 Å². The topological polar surface area (TPSA) is 257 Å². The molecule has 1 amide bonds. The Balaban J connectivity index is 1.75. The van der Waals surface area contributed by atoms with Crippen LogP contribution in [-0.4, -0.2) is 157 Å². The number of amides is 1. The molecular weight excluding hydrogens is 494 g/mol. The van der Waals surface area contributed by atoms with Crippen LogP contribution in [0.1, 0.15) is 13.8 Å². The lowest BCUT2D eigenvalue weighted by Crippen LogP contribution is -2.68. The minimum atomic E-state index is -1.85. The van der Waals surface area contributed by atoms with E-state index < -0.39 is 111 Å². The van der Waals surface area contributed by atoms with Gasteiger partial charge in [0.15, 0.2) is 18.9 Å². The lowest BCUT2D eigenvalue weighted by Gasteiger charge is -2.47. The lowest BCUT2D eigenvalue weighted by molar-refractivity contribution is -0.348. The zero-order valence-electron chi connectivity index (χ0n) is 19.5. The van der Waals surface area contributed by atoms with E-state index >= 15 is 0 Å². The van der Waals surface area contributed by atoms with Gasteiger partial charge in [-0.2, -0.15) is 0 Å². The van der Waals surface area contributed by atoms with Crippen LogP contribution in [0.5, 0.6) is 0 Å². The zero-order chi connectivity index (χ0) is 26.9. The molecule has 15 atom stereocenters. The molecular formula is C20H35NO15. The maximum atomic E-state index is 11.7. The largest absolute Gasteiger partial charge is 0.394 e. The van der Waals surface area contributed by atoms with Gasteiger partial charge in [-0.05, 0) is 6.92 Å². The first kappa shape index (κ1) is 29.5. The average Bonchev–Trinajstić information content (AvgIpc) is 2.83.